The van der Waals surface area contributed by atoms with Gasteiger partial charge in [-0.1, -0.05) is 6.08 Å². The maximum Gasteiger partial charge on any atom is 0.471 e. The Hall–Kier alpha value is -4.71. The van der Waals surface area contributed by atoms with Crippen LogP contribution < -0.4 is 35.4 Å². The number of ether oxygens (including phenoxy) is 1. The number of aliphatic hydroxyl groups excluding tert-OH is 1. The fourth-order valence-corrected chi connectivity index (χ4v) is 12.1. The quantitative estimate of drug-likeness (QED) is 0.0810. The number of nitrogens with zero attached hydrogens (tertiary/aromatic N) is 3. The number of anilines is 1. The van der Waals surface area contributed by atoms with Crippen LogP contribution in [0.3, 0.4) is 0 Å². The molecule has 0 aromatic heterocycles. The fourth-order valence-electron chi connectivity index (χ4n) is 10.3. The molecule has 3 amide bonds. The first-order valence-electron chi connectivity index (χ1n) is 23.3. The third-order valence-corrected chi connectivity index (χ3v) is 15.4. The highest BCUT2D eigenvalue weighted by Gasteiger charge is 2.42. The van der Waals surface area contributed by atoms with Crippen LogP contribution in [0.2, 0.25) is 0 Å². The lowest BCUT2D eigenvalue weighted by Crippen LogP contribution is -2.45. The molecular weight excluding hydrogens is 908 g/mol. The van der Waals surface area contributed by atoms with E-state index in [1.165, 1.54) is 27.1 Å². The van der Waals surface area contributed by atoms with Crippen LogP contribution in [-0.2, 0) is 53.7 Å². The number of likely N-dealkylation sites (N-methyl/N-ethyl adjacent to an activating group) is 1. The monoisotopic (exact) mass is 964 g/mol. The molecule has 2 aromatic carbocycles. The Balaban J connectivity index is 1.23. The summed E-state index contributed by atoms with van der Waals surface area (Å²) in [5, 5.41) is 15.7. The summed E-state index contributed by atoms with van der Waals surface area (Å²) in [5.74, 6) is -3.84. The number of unbranched alkanes of at least 4 members (excludes halogenated alkanes) is 2. The zero-order valence-corrected chi connectivity index (χ0v) is 38.4. The molecule has 3 N–H and O–H groups in total. The molecule has 1 atom stereocenters. The molecular formula is C47H57F6N5O8P+. The molecule has 5 aliphatic heterocycles. The van der Waals surface area contributed by atoms with Gasteiger partial charge in [-0.3, -0.25) is 18.9 Å². The van der Waals surface area contributed by atoms with Crippen LogP contribution in [0.15, 0.2) is 35.2 Å². The Morgan fingerprint density at radius 2 is 1.46 bits per heavy atom. The molecule has 0 bridgehead atoms. The SMILES string of the molecule is CN(CCO)C(=O)C1CC=C(P(=O)(OCCCCNC(=O)C(F)(F)F)OCCCCNC(=O)C(F)(F)F)C=C1C1=c2cc3c4c(c2Oc2c1cc1c5c2CCCN5CCC1)CCC[N+]=4CCC3. The Morgan fingerprint density at radius 3 is 2.10 bits per heavy atom. The molecule has 6 aliphatic rings. The highest BCUT2D eigenvalue weighted by atomic mass is 31.2. The molecule has 0 saturated carbocycles. The summed E-state index contributed by atoms with van der Waals surface area (Å²) >= 11 is 0. The van der Waals surface area contributed by atoms with E-state index in [0.717, 1.165) is 117 Å². The number of hydrogen-bond acceptors (Lipinski definition) is 9. The molecule has 0 radical (unpaired) electrons. The van der Waals surface area contributed by atoms with Crippen molar-refractivity contribution in [2.75, 3.05) is 77.6 Å². The van der Waals surface area contributed by atoms with Crippen molar-refractivity contribution < 1.29 is 64.2 Å². The van der Waals surface area contributed by atoms with Gasteiger partial charge in [-0.25, -0.2) is 4.58 Å². The van der Waals surface area contributed by atoms with E-state index >= 15 is 4.57 Å². The summed E-state index contributed by atoms with van der Waals surface area (Å²) in [5.41, 5.74) is 7.89. The molecule has 0 spiro atoms. The summed E-state index contributed by atoms with van der Waals surface area (Å²) in [4.78, 5) is 41.3. The average molecular weight is 965 g/mol. The van der Waals surface area contributed by atoms with Crippen LogP contribution in [0.1, 0.15) is 85.6 Å². The first kappa shape index (κ1) is 48.7. The maximum atomic E-state index is 15.2. The van der Waals surface area contributed by atoms with Gasteiger partial charge in [0, 0.05) is 85.8 Å². The third kappa shape index (κ3) is 10.2. The average Bonchev–Trinajstić information content (AvgIpc) is 3.30. The number of alkyl halides is 6. The van der Waals surface area contributed by atoms with Gasteiger partial charge in [-0.2, -0.15) is 26.3 Å². The molecule has 364 valence electrons. The van der Waals surface area contributed by atoms with Crippen LogP contribution in [0.5, 0.6) is 11.5 Å². The summed E-state index contributed by atoms with van der Waals surface area (Å²) < 4.78 is 114. The minimum Gasteiger partial charge on any atom is -0.455 e. The van der Waals surface area contributed by atoms with Crippen LogP contribution in [-0.4, -0.2) is 113 Å². The molecule has 0 fully saturated rings. The van der Waals surface area contributed by atoms with E-state index in [-0.39, 0.29) is 82.8 Å². The van der Waals surface area contributed by atoms with Gasteiger partial charge >= 0.3 is 31.8 Å². The number of rotatable bonds is 17. The number of nitrogens with one attached hydrogen (secondary N) is 2. The van der Waals surface area contributed by atoms with Gasteiger partial charge in [0.1, 0.15) is 24.6 Å². The van der Waals surface area contributed by atoms with E-state index in [2.05, 4.69) is 21.6 Å². The van der Waals surface area contributed by atoms with Crippen molar-refractivity contribution in [3.63, 3.8) is 0 Å². The molecule has 2 aromatic rings. The number of allylic oxidation sites excluding steroid dienone is 3. The number of benzene rings is 2. The normalized spacial score (nSPS) is 18.7. The second-order valence-electron chi connectivity index (χ2n) is 17.9. The Kier molecular flexibility index (Phi) is 14.6. The lowest BCUT2D eigenvalue weighted by atomic mass is 9.77. The summed E-state index contributed by atoms with van der Waals surface area (Å²) in [6.07, 6.45) is 0.496. The smallest absolute Gasteiger partial charge is 0.455 e. The Bertz CT molecular complexity index is 2490. The first-order valence-corrected chi connectivity index (χ1v) is 24.8. The van der Waals surface area contributed by atoms with Crippen LogP contribution in [0.25, 0.3) is 5.57 Å². The number of halogens is 6. The lowest BCUT2D eigenvalue weighted by Gasteiger charge is -2.40. The molecule has 67 heavy (non-hydrogen) atoms. The minimum atomic E-state index is -5.06. The van der Waals surface area contributed by atoms with Crippen molar-refractivity contribution >= 4 is 36.6 Å². The largest absolute Gasteiger partial charge is 0.471 e. The number of aryl methyl sites for hydroxylation is 2. The molecule has 5 heterocycles. The Morgan fingerprint density at radius 1 is 0.851 bits per heavy atom. The van der Waals surface area contributed by atoms with Crippen molar-refractivity contribution in [2.45, 2.75) is 95.8 Å². The van der Waals surface area contributed by atoms with Gasteiger partial charge in [0.15, 0.2) is 0 Å². The van der Waals surface area contributed by atoms with Crippen molar-refractivity contribution in [1.82, 2.24) is 20.1 Å². The lowest BCUT2D eigenvalue weighted by molar-refractivity contribution is -0.173. The predicted molar refractivity (Wildman–Crippen MR) is 236 cm³/mol. The second-order valence-corrected chi connectivity index (χ2v) is 20.0. The molecule has 13 nitrogen and oxygen atoms in total. The van der Waals surface area contributed by atoms with E-state index in [0.29, 0.717) is 5.57 Å². The predicted octanol–water partition coefficient (Wildman–Crippen LogP) is 5.50. The Labute approximate surface area is 384 Å². The van der Waals surface area contributed by atoms with Gasteiger partial charge < -0.3 is 39.3 Å². The van der Waals surface area contributed by atoms with Gasteiger partial charge in [-0.05, 0) is 100.0 Å². The van der Waals surface area contributed by atoms with Gasteiger partial charge in [0.2, 0.25) is 11.3 Å². The van der Waals surface area contributed by atoms with Gasteiger partial charge in [0.05, 0.1) is 36.6 Å². The van der Waals surface area contributed by atoms with E-state index in [4.69, 9.17) is 13.8 Å². The highest BCUT2D eigenvalue weighted by molar-refractivity contribution is 7.58. The number of amides is 3. The summed E-state index contributed by atoms with van der Waals surface area (Å²) in [6.45, 7) is 2.33. The van der Waals surface area contributed by atoms with Crippen molar-refractivity contribution in [3.05, 3.63) is 73.6 Å². The van der Waals surface area contributed by atoms with Crippen LogP contribution in [0, 0.1) is 5.92 Å². The number of fused-ring (bicyclic) bond motifs is 4. The highest BCUT2D eigenvalue weighted by Crippen LogP contribution is 2.60. The summed E-state index contributed by atoms with van der Waals surface area (Å²) in [6, 6.07) is 4.36. The van der Waals surface area contributed by atoms with Gasteiger partial charge in [-0.15, -0.1) is 0 Å². The minimum absolute atomic E-state index is 0.0360. The maximum absolute atomic E-state index is 15.2. The first-order chi connectivity index (χ1) is 32.0. The molecule has 20 heteroatoms. The fraction of sp³-hybridized carbons (Fsp3) is 0.574. The third-order valence-electron chi connectivity index (χ3n) is 13.4. The molecule has 0 saturated heterocycles. The van der Waals surface area contributed by atoms with Crippen LogP contribution >= 0.6 is 7.60 Å². The van der Waals surface area contributed by atoms with E-state index in [1.54, 1.807) is 29.8 Å². The summed E-state index contributed by atoms with van der Waals surface area (Å²) in [7, 11) is -2.76. The number of carbonyl (C=O) groups is 3. The zero-order valence-electron chi connectivity index (χ0n) is 37.5. The molecule has 8 rings (SSSR count). The van der Waals surface area contributed by atoms with E-state index < -0.39 is 37.7 Å². The number of carbonyl (C=O) groups excluding carboxylic acids is 3. The van der Waals surface area contributed by atoms with Gasteiger partial charge in [0.25, 0.3) is 0 Å². The van der Waals surface area contributed by atoms with Crippen LogP contribution in [0.4, 0.5) is 32.0 Å². The molecule has 1 unspecified atom stereocenters. The van der Waals surface area contributed by atoms with E-state index in [9.17, 15) is 45.8 Å². The number of hydrogen-bond donors (Lipinski definition) is 3. The zero-order chi connectivity index (χ0) is 47.7. The topological polar surface area (TPSA) is 150 Å². The van der Waals surface area contributed by atoms with Crippen molar-refractivity contribution in [1.29, 1.82) is 0 Å². The van der Waals surface area contributed by atoms with E-state index in [1.807, 2.05) is 0 Å². The van der Waals surface area contributed by atoms with Crippen molar-refractivity contribution in [3.8, 4) is 11.5 Å². The standard InChI is InChI=1S/C47H56F6N5O8P/c1-56(22-23-59)43(60)32-15-14-31(67(63,64-24-4-2-16-54-44(61)46(48,49)50)65-25-5-3-17-55-45(62)47(51,52)53)28-35(32)38-36-26-29-10-6-18-57-20-8-12-33(39(29)57)41(36)66-42-34-13-9-21-58-19-7-11-30(40(34)58)27-37(38)42/h14,26-28,32,59H,2-13,15-25H2,1H3,(H-,54,55,61,62)/p+1. The second kappa shape index (κ2) is 20.1. The number of aliphatic hydroxyl groups is 1. The molecule has 1 aliphatic carbocycles. The van der Waals surface area contributed by atoms with Crippen molar-refractivity contribution in [2.24, 2.45) is 5.92 Å².